The number of pyridine rings is 2. The molecule has 2 heterocycles. The van der Waals surface area contributed by atoms with Crippen LogP contribution in [0, 0.1) is 12.1 Å². The van der Waals surface area contributed by atoms with Crippen LogP contribution in [-0.2, 0) is 21.9 Å². The quantitative estimate of drug-likeness (QED) is 0.262. The minimum atomic E-state index is -1.08. The normalized spacial score (nSPS) is 9.38. The molecule has 6 nitrogen and oxygen atoms in total. The Bertz CT molecular complexity index is 1030. The standard InChI is InChI=1S/C10H8N2.2C9H11O.C2H4O2.Mn/c1-3-7-11-9(5-1)10-6-2-4-8-12-10;2*1-7(2)8-3-5-9(10)6-4-8;1-2(3)4;/h1-8H;2*3-5,7,10H,1-2H3;1H3,(H,3,4);/q;2*-1;;+3/p-1. The molecular formula is C30H33MnN2O4. The third kappa shape index (κ3) is 15.1. The number of phenolic OH excluding ortho intramolecular Hbond substituents is 2. The van der Waals surface area contributed by atoms with Gasteiger partial charge in [0.2, 0.25) is 0 Å². The summed E-state index contributed by atoms with van der Waals surface area (Å²) in [5, 5.41) is 26.7. The second kappa shape index (κ2) is 18.6. The van der Waals surface area contributed by atoms with Crippen LogP contribution >= 0.6 is 0 Å². The van der Waals surface area contributed by atoms with E-state index in [9.17, 15) is 0 Å². The van der Waals surface area contributed by atoms with Crippen LogP contribution in [0.15, 0.2) is 85.2 Å². The molecule has 2 aromatic heterocycles. The molecule has 0 atom stereocenters. The molecule has 0 saturated carbocycles. The van der Waals surface area contributed by atoms with Crippen molar-refractivity contribution in [1.82, 2.24) is 9.97 Å². The van der Waals surface area contributed by atoms with Gasteiger partial charge in [-0.1, -0.05) is 51.7 Å². The van der Waals surface area contributed by atoms with Gasteiger partial charge in [0.15, 0.2) is 0 Å². The maximum atomic E-state index is 8.89. The summed E-state index contributed by atoms with van der Waals surface area (Å²) in [4.78, 5) is 17.3. The number of hydrogen-bond donors (Lipinski definition) is 2. The minimum absolute atomic E-state index is 0. The Morgan fingerprint density at radius 2 is 1.08 bits per heavy atom. The second-order valence-electron chi connectivity index (χ2n) is 8.25. The molecule has 0 spiro atoms. The van der Waals surface area contributed by atoms with Crippen LogP contribution in [0.4, 0.5) is 0 Å². The molecule has 4 rings (SSSR count). The van der Waals surface area contributed by atoms with Gasteiger partial charge < -0.3 is 20.1 Å². The van der Waals surface area contributed by atoms with E-state index in [0.29, 0.717) is 11.8 Å². The molecule has 0 fully saturated rings. The number of hydrogen-bond acceptors (Lipinski definition) is 6. The molecule has 0 aliphatic rings. The van der Waals surface area contributed by atoms with Crippen molar-refractivity contribution < 1.29 is 37.2 Å². The molecule has 7 heteroatoms. The first-order chi connectivity index (χ1) is 17.1. The van der Waals surface area contributed by atoms with Crippen LogP contribution in [-0.4, -0.2) is 26.2 Å². The molecule has 4 aromatic rings. The van der Waals surface area contributed by atoms with Gasteiger partial charge in [0, 0.05) is 29.9 Å². The number of nitrogens with zero attached hydrogens (tertiary/aromatic N) is 2. The molecule has 2 N–H and O–H groups in total. The van der Waals surface area contributed by atoms with Crippen molar-refractivity contribution in [2.24, 2.45) is 0 Å². The van der Waals surface area contributed by atoms with Crippen molar-refractivity contribution in [3.05, 3.63) is 108 Å². The summed E-state index contributed by atoms with van der Waals surface area (Å²) >= 11 is 0. The minimum Gasteiger partial charge on any atom is -0.550 e. The number of aromatic nitrogens is 2. The molecule has 37 heavy (non-hydrogen) atoms. The number of benzene rings is 2. The smallest absolute Gasteiger partial charge is 0.550 e. The van der Waals surface area contributed by atoms with E-state index in [1.807, 2.05) is 60.7 Å². The molecule has 0 saturated heterocycles. The summed E-state index contributed by atoms with van der Waals surface area (Å²) in [5.41, 5.74) is 4.24. The van der Waals surface area contributed by atoms with Crippen molar-refractivity contribution in [3.8, 4) is 22.9 Å². The van der Waals surface area contributed by atoms with Gasteiger partial charge >= 0.3 is 17.1 Å². The number of phenols is 2. The molecular weight excluding hydrogens is 507 g/mol. The number of aliphatic carboxylic acids is 1. The van der Waals surface area contributed by atoms with Crippen molar-refractivity contribution in [3.63, 3.8) is 0 Å². The summed E-state index contributed by atoms with van der Waals surface area (Å²) in [6, 6.07) is 27.9. The fraction of sp³-hybridized carbons (Fsp3) is 0.233. The topological polar surface area (TPSA) is 106 Å². The fourth-order valence-corrected chi connectivity index (χ4v) is 2.60. The number of carboxylic acids is 1. The van der Waals surface area contributed by atoms with Gasteiger partial charge in [-0.3, -0.25) is 9.97 Å². The summed E-state index contributed by atoms with van der Waals surface area (Å²) in [5.74, 6) is 0.363. The third-order valence-electron chi connectivity index (χ3n) is 4.57. The van der Waals surface area contributed by atoms with E-state index in [1.54, 1.807) is 24.5 Å². The molecule has 0 unspecified atom stereocenters. The van der Waals surface area contributed by atoms with Crippen LogP contribution in [0.5, 0.6) is 11.5 Å². The van der Waals surface area contributed by atoms with Crippen LogP contribution in [0.2, 0.25) is 0 Å². The SMILES string of the molecule is CC(=O)[O-].CC(C)c1c[c-]c(O)cc1.CC(C)c1c[c-]c(O)cc1.[Mn+3].c1ccc(-c2ccccn2)nc1. The van der Waals surface area contributed by atoms with Crippen LogP contribution in [0.25, 0.3) is 11.4 Å². The summed E-state index contributed by atoms with van der Waals surface area (Å²) in [7, 11) is 0. The van der Waals surface area contributed by atoms with Crippen molar-refractivity contribution in [1.29, 1.82) is 0 Å². The van der Waals surface area contributed by atoms with E-state index in [2.05, 4.69) is 49.8 Å². The Morgan fingerprint density at radius 3 is 1.30 bits per heavy atom. The van der Waals surface area contributed by atoms with Gasteiger partial charge in [-0.2, -0.15) is 35.4 Å². The Labute approximate surface area is 230 Å². The van der Waals surface area contributed by atoms with Crippen LogP contribution in [0.3, 0.4) is 0 Å². The maximum absolute atomic E-state index is 8.89. The van der Waals surface area contributed by atoms with E-state index < -0.39 is 5.97 Å². The second-order valence-corrected chi connectivity index (χ2v) is 8.25. The number of carbonyl (C=O) groups is 1. The zero-order chi connectivity index (χ0) is 26.9. The summed E-state index contributed by atoms with van der Waals surface area (Å²) < 4.78 is 0. The monoisotopic (exact) mass is 540 g/mol. The molecule has 0 amide bonds. The van der Waals surface area contributed by atoms with Crippen molar-refractivity contribution in [2.45, 2.75) is 46.5 Å². The molecule has 194 valence electrons. The summed E-state index contributed by atoms with van der Waals surface area (Å²) in [6.07, 6.45) is 3.54. The molecule has 0 radical (unpaired) electrons. The predicted molar refractivity (Wildman–Crippen MR) is 140 cm³/mol. The summed E-state index contributed by atoms with van der Waals surface area (Å²) in [6.45, 7) is 9.42. The van der Waals surface area contributed by atoms with Gasteiger partial charge in [-0.15, -0.1) is 24.3 Å². The average molecular weight is 541 g/mol. The average Bonchev–Trinajstić information content (AvgIpc) is 2.86. The Morgan fingerprint density at radius 1 is 0.730 bits per heavy atom. The third-order valence-corrected chi connectivity index (χ3v) is 4.57. The largest absolute Gasteiger partial charge is 3.00 e. The number of carboxylic acid groups (broad SMARTS) is 1. The zero-order valence-electron chi connectivity index (χ0n) is 21.7. The maximum Gasteiger partial charge on any atom is 3.00 e. The van der Waals surface area contributed by atoms with E-state index >= 15 is 0 Å². The molecule has 2 aromatic carbocycles. The molecule has 0 aliphatic carbocycles. The van der Waals surface area contributed by atoms with Crippen LogP contribution in [0.1, 0.15) is 57.6 Å². The van der Waals surface area contributed by atoms with Crippen molar-refractivity contribution in [2.75, 3.05) is 0 Å². The number of rotatable bonds is 3. The molecule has 0 aliphatic heterocycles. The van der Waals surface area contributed by atoms with Gasteiger partial charge in [0.25, 0.3) is 0 Å². The van der Waals surface area contributed by atoms with E-state index in [4.69, 9.17) is 20.1 Å². The van der Waals surface area contributed by atoms with E-state index in [-0.39, 0.29) is 28.6 Å². The first kappa shape index (κ1) is 33.3. The predicted octanol–water partition coefficient (Wildman–Crippen LogP) is 5.53. The Kier molecular flexibility index (Phi) is 16.7. The van der Waals surface area contributed by atoms with Gasteiger partial charge in [-0.25, -0.2) is 0 Å². The fourth-order valence-electron chi connectivity index (χ4n) is 2.60. The zero-order valence-corrected chi connectivity index (χ0v) is 22.9. The van der Waals surface area contributed by atoms with E-state index in [0.717, 1.165) is 18.3 Å². The number of carbonyl (C=O) groups excluding carboxylic acids is 1. The van der Waals surface area contributed by atoms with Crippen LogP contribution < -0.4 is 5.11 Å². The van der Waals surface area contributed by atoms with Crippen molar-refractivity contribution >= 4 is 5.97 Å². The van der Waals surface area contributed by atoms with Gasteiger partial charge in [-0.05, 0) is 31.2 Å². The Balaban J connectivity index is 0.000000487. The first-order valence-corrected chi connectivity index (χ1v) is 11.5. The Hall–Kier alpha value is -3.67. The molecule has 0 bridgehead atoms. The van der Waals surface area contributed by atoms with Gasteiger partial charge in [0.05, 0.1) is 11.4 Å². The van der Waals surface area contributed by atoms with E-state index in [1.165, 1.54) is 11.1 Å². The number of aromatic hydroxyl groups is 2. The van der Waals surface area contributed by atoms with Gasteiger partial charge in [0.1, 0.15) is 0 Å². The first-order valence-electron chi connectivity index (χ1n) is 11.5.